The summed E-state index contributed by atoms with van der Waals surface area (Å²) in [6, 6.07) is 10.8. The van der Waals surface area contributed by atoms with E-state index in [9.17, 15) is 9.59 Å². The van der Waals surface area contributed by atoms with E-state index in [4.69, 9.17) is 0 Å². The van der Waals surface area contributed by atoms with Crippen molar-refractivity contribution in [1.29, 1.82) is 0 Å². The summed E-state index contributed by atoms with van der Waals surface area (Å²) in [4.78, 5) is 32.0. The van der Waals surface area contributed by atoms with Crippen LogP contribution in [0, 0.1) is 0 Å². The first kappa shape index (κ1) is 15.0. The summed E-state index contributed by atoms with van der Waals surface area (Å²) >= 11 is 0. The fourth-order valence-electron chi connectivity index (χ4n) is 2.36. The van der Waals surface area contributed by atoms with Crippen LogP contribution in [0.3, 0.4) is 0 Å². The number of aromatic amines is 1. The zero-order valence-electron chi connectivity index (χ0n) is 13.0. The number of rotatable bonds is 3. The highest BCUT2D eigenvalue weighted by atomic mass is 16.2. The Balaban J connectivity index is 1.89. The fourth-order valence-corrected chi connectivity index (χ4v) is 2.36. The quantitative estimate of drug-likeness (QED) is 0.779. The first-order valence-corrected chi connectivity index (χ1v) is 7.44. The van der Waals surface area contributed by atoms with Crippen molar-refractivity contribution in [2.24, 2.45) is 0 Å². The molecule has 0 saturated heterocycles. The number of hydrogen-bond donors (Lipinski definition) is 2. The molecule has 0 aliphatic heterocycles. The number of H-pyrrole nitrogens is 1. The van der Waals surface area contributed by atoms with E-state index in [1.54, 1.807) is 30.5 Å². The number of amides is 1. The maximum Gasteiger partial charge on any atom is 0.261 e. The van der Waals surface area contributed by atoms with Gasteiger partial charge in [-0.2, -0.15) is 0 Å². The van der Waals surface area contributed by atoms with Gasteiger partial charge in [-0.3, -0.25) is 14.6 Å². The van der Waals surface area contributed by atoms with Crippen LogP contribution in [0.15, 0.2) is 53.6 Å². The first-order valence-electron chi connectivity index (χ1n) is 7.44. The Morgan fingerprint density at radius 1 is 1.17 bits per heavy atom. The lowest BCUT2D eigenvalue weighted by molar-refractivity contribution is 0.102. The second-order valence-electron chi connectivity index (χ2n) is 5.66. The molecule has 2 N–H and O–H groups in total. The number of nitrogens with zero attached hydrogens (tertiary/aromatic N) is 1. The zero-order chi connectivity index (χ0) is 16.4. The third-order valence-corrected chi connectivity index (χ3v) is 3.67. The molecule has 0 unspecified atom stereocenters. The first-order chi connectivity index (χ1) is 11.1. The van der Waals surface area contributed by atoms with Crippen molar-refractivity contribution in [3.05, 3.63) is 70.3 Å². The normalized spacial score (nSPS) is 10.9. The Morgan fingerprint density at radius 2 is 1.96 bits per heavy atom. The van der Waals surface area contributed by atoms with E-state index in [1.165, 1.54) is 6.20 Å². The van der Waals surface area contributed by atoms with Crippen LogP contribution in [-0.2, 0) is 0 Å². The van der Waals surface area contributed by atoms with Crippen LogP contribution in [0.4, 0.5) is 5.69 Å². The van der Waals surface area contributed by atoms with Crippen molar-refractivity contribution < 1.29 is 4.79 Å². The number of anilines is 1. The van der Waals surface area contributed by atoms with Gasteiger partial charge in [0.1, 0.15) is 5.56 Å². The highest BCUT2D eigenvalue weighted by molar-refractivity contribution is 6.05. The summed E-state index contributed by atoms with van der Waals surface area (Å²) in [5.74, 6) is -0.126. The summed E-state index contributed by atoms with van der Waals surface area (Å²) in [5.41, 5.74) is 2.01. The standard InChI is InChI=1S/C18H17N3O2/c1-11(2)15-8-7-12(9-19-15)21-18(23)14-10-20-16-6-4-3-5-13(16)17(14)22/h3-11H,1-2H3,(H,20,22)(H,21,23). The van der Waals surface area contributed by atoms with E-state index in [1.807, 2.05) is 12.1 Å². The smallest absolute Gasteiger partial charge is 0.261 e. The lowest BCUT2D eigenvalue weighted by Gasteiger charge is -2.08. The van der Waals surface area contributed by atoms with Gasteiger partial charge in [-0.25, -0.2) is 0 Å². The molecule has 0 saturated carbocycles. The molecule has 0 aliphatic rings. The summed E-state index contributed by atoms with van der Waals surface area (Å²) in [6.45, 7) is 4.10. The molecule has 0 fully saturated rings. The van der Waals surface area contributed by atoms with E-state index in [0.717, 1.165) is 5.69 Å². The summed E-state index contributed by atoms with van der Waals surface area (Å²) in [6.07, 6.45) is 3.04. The molecule has 1 aromatic carbocycles. The van der Waals surface area contributed by atoms with E-state index >= 15 is 0 Å². The van der Waals surface area contributed by atoms with Crippen molar-refractivity contribution in [1.82, 2.24) is 9.97 Å². The van der Waals surface area contributed by atoms with Crippen LogP contribution in [0.25, 0.3) is 10.9 Å². The molecule has 2 heterocycles. The zero-order valence-corrected chi connectivity index (χ0v) is 13.0. The van der Waals surface area contributed by atoms with Gasteiger partial charge in [-0.05, 0) is 30.2 Å². The maximum absolute atomic E-state index is 12.4. The second-order valence-corrected chi connectivity index (χ2v) is 5.66. The molecule has 0 atom stereocenters. The van der Waals surface area contributed by atoms with Crippen molar-refractivity contribution in [2.45, 2.75) is 19.8 Å². The van der Waals surface area contributed by atoms with Gasteiger partial charge in [0.2, 0.25) is 5.43 Å². The Kier molecular flexibility index (Phi) is 3.93. The molecule has 5 nitrogen and oxygen atoms in total. The Hall–Kier alpha value is -2.95. The molecule has 2 aromatic heterocycles. The van der Waals surface area contributed by atoms with Crippen LogP contribution in [0.5, 0.6) is 0 Å². The second kappa shape index (κ2) is 6.04. The van der Waals surface area contributed by atoms with E-state index < -0.39 is 5.91 Å². The number of benzene rings is 1. The number of pyridine rings is 2. The van der Waals surface area contributed by atoms with Crippen molar-refractivity contribution in [2.75, 3.05) is 5.32 Å². The fraction of sp³-hybridized carbons (Fsp3) is 0.167. The monoisotopic (exact) mass is 307 g/mol. The lowest BCUT2D eigenvalue weighted by atomic mass is 10.1. The van der Waals surface area contributed by atoms with Gasteiger partial charge in [-0.1, -0.05) is 26.0 Å². The number of fused-ring (bicyclic) bond motifs is 1. The molecule has 1 amide bonds. The molecule has 3 aromatic rings. The average molecular weight is 307 g/mol. The number of carbonyl (C=O) groups is 1. The predicted molar refractivity (Wildman–Crippen MR) is 90.8 cm³/mol. The molecule has 5 heteroatoms. The maximum atomic E-state index is 12.4. The molecular weight excluding hydrogens is 290 g/mol. The minimum absolute atomic E-state index is 0.0802. The number of carbonyl (C=O) groups excluding carboxylic acids is 1. The molecule has 0 aliphatic carbocycles. The van der Waals surface area contributed by atoms with Crippen LogP contribution in [0.1, 0.15) is 35.8 Å². The number of aromatic nitrogens is 2. The third-order valence-electron chi connectivity index (χ3n) is 3.67. The van der Waals surface area contributed by atoms with Gasteiger partial charge in [-0.15, -0.1) is 0 Å². The molecule has 116 valence electrons. The molecule has 0 radical (unpaired) electrons. The summed E-state index contributed by atoms with van der Waals surface area (Å²) < 4.78 is 0. The highest BCUT2D eigenvalue weighted by Crippen LogP contribution is 2.14. The summed E-state index contributed by atoms with van der Waals surface area (Å²) in [5, 5.41) is 3.20. The highest BCUT2D eigenvalue weighted by Gasteiger charge is 2.13. The van der Waals surface area contributed by atoms with Crippen LogP contribution < -0.4 is 10.7 Å². The minimum Gasteiger partial charge on any atom is -0.360 e. The predicted octanol–water partition coefficient (Wildman–Crippen LogP) is 3.30. The average Bonchev–Trinajstić information content (AvgIpc) is 2.56. The number of hydrogen-bond acceptors (Lipinski definition) is 3. The third kappa shape index (κ3) is 2.99. The van der Waals surface area contributed by atoms with Gasteiger partial charge in [0.05, 0.1) is 11.9 Å². The summed E-state index contributed by atoms with van der Waals surface area (Å²) in [7, 11) is 0. The SMILES string of the molecule is CC(C)c1ccc(NC(=O)c2c[nH]c3ccccc3c2=O)cn1. The minimum atomic E-state index is -0.448. The molecular formula is C18H17N3O2. The molecule has 3 rings (SSSR count). The Morgan fingerprint density at radius 3 is 2.65 bits per heavy atom. The van der Waals surface area contributed by atoms with Crippen LogP contribution >= 0.6 is 0 Å². The van der Waals surface area contributed by atoms with Crippen molar-refractivity contribution in [3.63, 3.8) is 0 Å². The lowest BCUT2D eigenvalue weighted by Crippen LogP contribution is -2.22. The van der Waals surface area contributed by atoms with Gasteiger partial charge in [0.25, 0.3) is 5.91 Å². The van der Waals surface area contributed by atoms with Gasteiger partial charge < -0.3 is 10.3 Å². The van der Waals surface area contributed by atoms with Gasteiger partial charge in [0.15, 0.2) is 0 Å². The van der Waals surface area contributed by atoms with E-state index in [0.29, 0.717) is 22.5 Å². The number of para-hydroxylation sites is 1. The van der Waals surface area contributed by atoms with E-state index in [-0.39, 0.29) is 11.0 Å². The van der Waals surface area contributed by atoms with Crippen LogP contribution in [-0.4, -0.2) is 15.9 Å². The van der Waals surface area contributed by atoms with E-state index in [2.05, 4.69) is 29.1 Å². The largest absolute Gasteiger partial charge is 0.360 e. The topological polar surface area (TPSA) is 74.8 Å². The van der Waals surface area contributed by atoms with Gasteiger partial charge in [0, 0.05) is 22.8 Å². The Bertz CT molecular complexity index is 911. The van der Waals surface area contributed by atoms with Gasteiger partial charge >= 0.3 is 0 Å². The Labute approximate surface area is 133 Å². The van der Waals surface area contributed by atoms with Crippen molar-refractivity contribution in [3.8, 4) is 0 Å². The van der Waals surface area contributed by atoms with Crippen molar-refractivity contribution >= 4 is 22.5 Å². The molecule has 0 bridgehead atoms. The molecule has 0 spiro atoms. The van der Waals surface area contributed by atoms with Crippen LogP contribution in [0.2, 0.25) is 0 Å². The molecule has 23 heavy (non-hydrogen) atoms. The number of nitrogens with one attached hydrogen (secondary N) is 2.